The van der Waals surface area contributed by atoms with Gasteiger partial charge in [-0.05, 0) is 44.5 Å². The Morgan fingerprint density at radius 2 is 1.67 bits per heavy atom. The van der Waals surface area contributed by atoms with Gasteiger partial charge >= 0.3 is 5.97 Å². The number of anilines is 1. The molecule has 0 aliphatic rings. The van der Waals surface area contributed by atoms with Gasteiger partial charge in [0.1, 0.15) is 0 Å². The molecule has 1 atom stereocenters. The van der Waals surface area contributed by atoms with Crippen molar-refractivity contribution < 1.29 is 22.7 Å². The Balaban J connectivity index is 1.88. The lowest BCUT2D eigenvalue weighted by Gasteiger charge is -2.14. The highest BCUT2D eigenvalue weighted by Gasteiger charge is 2.21. The summed E-state index contributed by atoms with van der Waals surface area (Å²) in [6.07, 6.45) is -1.35. The van der Waals surface area contributed by atoms with Gasteiger partial charge in [0.25, 0.3) is 5.91 Å². The fraction of sp³-hybridized carbons (Fsp3) is 0.300. The first-order chi connectivity index (χ1) is 12.7. The number of sulfone groups is 1. The lowest BCUT2D eigenvalue weighted by Crippen LogP contribution is -2.30. The van der Waals surface area contributed by atoms with E-state index in [2.05, 4.69) is 5.32 Å². The minimum atomic E-state index is -3.58. The van der Waals surface area contributed by atoms with Crippen molar-refractivity contribution in [3.05, 3.63) is 59.7 Å². The maximum absolute atomic E-state index is 12.3. The second-order valence-electron chi connectivity index (χ2n) is 6.32. The number of para-hydroxylation sites is 1. The van der Waals surface area contributed by atoms with Crippen LogP contribution in [0.1, 0.15) is 24.5 Å². The number of carbonyl (C=O) groups excluding carboxylic acids is 2. The Bertz CT molecular complexity index is 920. The molecule has 0 fully saturated rings. The van der Waals surface area contributed by atoms with E-state index in [-0.39, 0.29) is 17.1 Å². The fourth-order valence-corrected chi connectivity index (χ4v) is 3.56. The van der Waals surface area contributed by atoms with E-state index in [0.717, 1.165) is 11.1 Å². The molecule has 0 aliphatic heterocycles. The predicted molar refractivity (Wildman–Crippen MR) is 103 cm³/mol. The van der Waals surface area contributed by atoms with Crippen LogP contribution in [0.15, 0.2) is 53.4 Å². The quantitative estimate of drug-likeness (QED) is 0.735. The van der Waals surface area contributed by atoms with Gasteiger partial charge in [-0.3, -0.25) is 9.59 Å². The third-order valence-electron chi connectivity index (χ3n) is 4.04. The van der Waals surface area contributed by atoms with Crippen LogP contribution >= 0.6 is 0 Å². The topological polar surface area (TPSA) is 89.5 Å². The maximum Gasteiger partial charge on any atom is 0.307 e. The van der Waals surface area contributed by atoms with Crippen LogP contribution in [0, 0.1) is 13.8 Å². The zero-order valence-corrected chi connectivity index (χ0v) is 16.4. The first-order valence-corrected chi connectivity index (χ1v) is 10.2. The second-order valence-corrected chi connectivity index (χ2v) is 8.43. The largest absolute Gasteiger partial charge is 0.453 e. The van der Waals surface area contributed by atoms with Crippen LogP contribution in [0.2, 0.25) is 0 Å². The first kappa shape index (κ1) is 20.6. The molecule has 0 heterocycles. The van der Waals surface area contributed by atoms with Crippen LogP contribution in [0.3, 0.4) is 0 Å². The molecule has 144 valence electrons. The van der Waals surface area contributed by atoms with E-state index in [1.165, 1.54) is 19.1 Å². The number of benzene rings is 2. The minimum absolute atomic E-state index is 0.159. The molecule has 0 bridgehead atoms. The number of hydrogen-bond donors (Lipinski definition) is 1. The monoisotopic (exact) mass is 389 g/mol. The molecule has 0 aliphatic carbocycles. The van der Waals surface area contributed by atoms with Crippen molar-refractivity contribution >= 4 is 27.4 Å². The number of aryl methyl sites for hydroxylation is 2. The molecule has 1 amide bonds. The number of amides is 1. The third kappa shape index (κ3) is 5.92. The van der Waals surface area contributed by atoms with Crippen molar-refractivity contribution in [2.24, 2.45) is 0 Å². The normalized spacial score (nSPS) is 12.3. The lowest BCUT2D eigenvalue weighted by atomic mass is 10.2. The SMILES string of the molecule is Cc1ccc(S(=O)(=O)CCC(=O)OC(C)C(=O)Nc2ccccc2C)cc1. The van der Waals surface area contributed by atoms with E-state index >= 15 is 0 Å². The number of carbonyl (C=O) groups is 2. The molecule has 2 aromatic rings. The molecule has 6 nitrogen and oxygen atoms in total. The Hall–Kier alpha value is -2.67. The van der Waals surface area contributed by atoms with Gasteiger partial charge in [-0.25, -0.2) is 8.42 Å². The van der Waals surface area contributed by atoms with E-state index in [1.54, 1.807) is 24.3 Å². The Labute approximate surface area is 159 Å². The number of rotatable bonds is 7. The van der Waals surface area contributed by atoms with Crippen LogP contribution in [0.5, 0.6) is 0 Å². The van der Waals surface area contributed by atoms with Crippen molar-refractivity contribution in [3.8, 4) is 0 Å². The number of ether oxygens (including phenoxy) is 1. The summed E-state index contributed by atoms with van der Waals surface area (Å²) in [7, 11) is -3.58. The highest BCUT2D eigenvalue weighted by Crippen LogP contribution is 2.15. The second kappa shape index (κ2) is 8.81. The zero-order valence-electron chi connectivity index (χ0n) is 15.6. The van der Waals surface area contributed by atoms with Crippen LogP contribution < -0.4 is 5.32 Å². The Morgan fingerprint density at radius 1 is 1.04 bits per heavy atom. The molecule has 1 unspecified atom stereocenters. The van der Waals surface area contributed by atoms with Crippen LogP contribution in [0.25, 0.3) is 0 Å². The zero-order chi connectivity index (χ0) is 20.0. The van der Waals surface area contributed by atoms with Crippen molar-refractivity contribution in [2.45, 2.75) is 38.2 Å². The molecule has 7 heteroatoms. The minimum Gasteiger partial charge on any atom is -0.453 e. The Morgan fingerprint density at radius 3 is 2.30 bits per heavy atom. The van der Waals surface area contributed by atoms with E-state index in [9.17, 15) is 18.0 Å². The summed E-state index contributed by atoms with van der Waals surface area (Å²) < 4.78 is 29.6. The molecule has 1 N–H and O–H groups in total. The van der Waals surface area contributed by atoms with Gasteiger partial charge in [-0.1, -0.05) is 35.9 Å². The Kier molecular flexibility index (Phi) is 6.74. The van der Waals surface area contributed by atoms with Gasteiger partial charge in [0, 0.05) is 5.69 Å². The van der Waals surface area contributed by atoms with E-state index in [1.807, 2.05) is 26.0 Å². The average Bonchev–Trinajstić information content (AvgIpc) is 2.62. The molecule has 2 aromatic carbocycles. The van der Waals surface area contributed by atoms with Crippen LogP contribution in [-0.2, 0) is 24.2 Å². The van der Waals surface area contributed by atoms with E-state index in [0.29, 0.717) is 5.69 Å². The smallest absolute Gasteiger partial charge is 0.307 e. The number of hydrogen-bond acceptors (Lipinski definition) is 5. The standard InChI is InChI=1S/C20H23NO5S/c1-14-8-10-17(11-9-14)27(24,25)13-12-19(22)26-16(3)20(23)21-18-7-5-4-6-15(18)2/h4-11,16H,12-13H2,1-3H3,(H,21,23). The predicted octanol–water partition coefficient (Wildman–Crippen LogP) is 3.04. The van der Waals surface area contributed by atoms with E-state index < -0.39 is 27.8 Å². The van der Waals surface area contributed by atoms with Gasteiger partial charge in [-0.2, -0.15) is 0 Å². The lowest BCUT2D eigenvalue weighted by molar-refractivity contribution is -0.152. The maximum atomic E-state index is 12.3. The summed E-state index contributed by atoms with van der Waals surface area (Å²) in [4.78, 5) is 24.2. The summed E-state index contributed by atoms with van der Waals surface area (Å²) in [5.74, 6) is -1.58. The summed E-state index contributed by atoms with van der Waals surface area (Å²) in [6.45, 7) is 5.15. The van der Waals surface area contributed by atoms with Gasteiger partial charge in [0.15, 0.2) is 15.9 Å². The van der Waals surface area contributed by atoms with Crippen molar-refractivity contribution in [1.29, 1.82) is 0 Å². The first-order valence-electron chi connectivity index (χ1n) is 8.54. The summed E-state index contributed by atoms with van der Waals surface area (Å²) in [5, 5.41) is 2.68. The van der Waals surface area contributed by atoms with Crippen molar-refractivity contribution in [3.63, 3.8) is 0 Å². The molecule has 0 spiro atoms. The van der Waals surface area contributed by atoms with Gasteiger partial charge in [0.05, 0.1) is 17.1 Å². The highest BCUT2D eigenvalue weighted by molar-refractivity contribution is 7.91. The number of nitrogens with one attached hydrogen (secondary N) is 1. The molecule has 0 aromatic heterocycles. The molecular weight excluding hydrogens is 366 g/mol. The summed E-state index contributed by atoms with van der Waals surface area (Å²) in [6, 6.07) is 13.6. The molecule has 0 saturated carbocycles. The van der Waals surface area contributed by atoms with E-state index in [4.69, 9.17) is 4.74 Å². The van der Waals surface area contributed by atoms with Gasteiger partial charge in [-0.15, -0.1) is 0 Å². The summed E-state index contributed by atoms with van der Waals surface area (Å²) >= 11 is 0. The highest BCUT2D eigenvalue weighted by atomic mass is 32.2. The van der Waals surface area contributed by atoms with Gasteiger partial charge in [0.2, 0.25) is 0 Å². The van der Waals surface area contributed by atoms with Crippen molar-refractivity contribution in [2.75, 3.05) is 11.1 Å². The molecule has 2 rings (SSSR count). The molecule has 0 radical (unpaired) electrons. The number of esters is 1. The molecule has 27 heavy (non-hydrogen) atoms. The van der Waals surface area contributed by atoms with Gasteiger partial charge < -0.3 is 10.1 Å². The fourth-order valence-electron chi connectivity index (χ4n) is 2.34. The van der Waals surface area contributed by atoms with Crippen LogP contribution in [-0.4, -0.2) is 32.2 Å². The van der Waals surface area contributed by atoms with Crippen molar-refractivity contribution in [1.82, 2.24) is 0 Å². The average molecular weight is 389 g/mol. The summed E-state index contributed by atoms with van der Waals surface area (Å²) in [5.41, 5.74) is 2.46. The van der Waals surface area contributed by atoms with Crippen LogP contribution in [0.4, 0.5) is 5.69 Å². The molecular formula is C20H23NO5S. The molecule has 0 saturated heterocycles. The third-order valence-corrected chi connectivity index (χ3v) is 5.77.